The number of hydrogen-bond donors (Lipinski definition) is 1. The highest BCUT2D eigenvalue weighted by atomic mass is 79.9. The molecule has 0 heterocycles. The van der Waals surface area contributed by atoms with E-state index < -0.39 is 15.9 Å². The van der Waals surface area contributed by atoms with Crippen LogP contribution < -0.4 is 5.32 Å². The predicted molar refractivity (Wildman–Crippen MR) is 106 cm³/mol. The summed E-state index contributed by atoms with van der Waals surface area (Å²) in [7, 11) is -2.42. The summed E-state index contributed by atoms with van der Waals surface area (Å²) < 4.78 is 27.5. The normalized spacial score (nSPS) is 11.6. The molecular formula is C17H18Br2N2O3S. The maximum absolute atomic E-state index is 12.7. The fourth-order valence-electron chi connectivity index (χ4n) is 2.27. The summed E-state index contributed by atoms with van der Waals surface area (Å²) in [5.41, 5.74) is 1.69. The zero-order valence-corrected chi connectivity index (χ0v) is 17.8. The Morgan fingerprint density at radius 2 is 1.84 bits per heavy atom. The standard InChI is InChI=1S/C17H18Br2N2O3S/c1-3-12-6-4-5-7-15(12)20-17(22)11-21(2)25(23,24)16-10-13(18)8-9-14(16)19/h4-10H,3,11H2,1-2H3,(H,20,22). The van der Waals surface area contributed by atoms with Crippen LogP contribution in [0.3, 0.4) is 0 Å². The third-order valence-electron chi connectivity index (χ3n) is 3.62. The van der Waals surface area contributed by atoms with E-state index in [1.165, 1.54) is 13.1 Å². The number of nitrogens with one attached hydrogen (secondary N) is 1. The van der Waals surface area contributed by atoms with Crippen molar-refractivity contribution in [1.82, 2.24) is 4.31 Å². The van der Waals surface area contributed by atoms with Gasteiger partial charge in [0, 0.05) is 21.7 Å². The smallest absolute Gasteiger partial charge is 0.244 e. The van der Waals surface area contributed by atoms with Gasteiger partial charge < -0.3 is 5.32 Å². The number of rotatable bonds is 6. The van der Waals surface area contributed by atoms with Crippen LogP contribution in [0.15, 0.2) is 56.3 Å². The minimum atomic E-state index is -3.80. The Labute approximate surface area is 164 Å². The molecule has 8 heteroatoms. The minimum absolute atomic E-state index is 0.103. The zero-order chi connectivity index (χ0) is 18.6. The monoisotopic (exact) mass is 488 g/mol. The Bertz CT molecular complexity index is 885. The Hall–Kier alpha value is -1.22. The highest BCUT2D eigenvalue weighted by Gasteiger charge is 2.25. The molecule has 0 aliphatic carbocycles. The molecule has 2 aromatic rings. The fraction of sp³-hybridized carbons (Fsp3) is 0.235. The molecule has 0 radical (unpaired) electrons. The van der Waals surface area contributed by atoms with E-state index in [9.17, 15) is 13.2 Å². The van der Waals surface area contributed by atoms with Crippen molar-refractivity contribution >= 4 is 53.5 Å². The summed E-state index contributed by atoms with van der Waals surface area (Å²) in [5, 5.41) is 2.78. The molecule has 0 fully saturated rings. The largest absolute Gasteiger partial charge is 0.325 e. The number of nitrogens with zero attached hydrogens (tertiary/aromatic N) is 1. The topological polar surface area (TPSA) is 66.5 Å². The first-order valence-corrected chi connectivity index (χ1v) is 10.6. The van der Waals surface area contributed by atoms with Gasteiger partial charge in [-0.3, -0.25) is 4.79 Å². The number of amides is 1. The highest BCUT2D eigenvalue weighted by Crippen LogP contribution is 2.27. The SMILES string of the molecule is CCc1ccccc1NC(=O)CN(C)S(=O)(=O)c1cc(Br)ccc1Br. The summed E-state index contributed by atoms with van der Waals surface area (Å²) in [6.07, 6.45) is 0.773. The number of likely N-dealkylation sites (N-methyl/N-ethyl adjacent to an activating group) is 1. The highest BCUT2D eigenvalue weighted by molar-refractivity contribution is 9.11. The van der Waals surface area contributed by atoms with E-state index >= 15 is 0 Å². The molecule has 2 rings (SSSR count). The van der Waals surface area contributed by atoms with Crippen LogP contribution in [0.2, 0.25) is 0 Å². The number of para-hydroxylation sites is 1. The zero-order valence-electron chi connectivity index (χ0n) is 13.8. The number of sulfonamides is 1. The second kappa shape index (κ2) is 8.44. The van der Waals surface area contributed by atoms with Crippen LogP contribution in [0.4, 0.5) is 5.69 Å². The van der Waals surface area contributed by atoms with E-state index in [0.717, 1.165) is 16.3 Å². The molecule has 0 spiro atoms. The van der Waals surface area contributed by atoms with Gasteiger partial charge in [0.1, 0.15) is 0 Å². The van der Waals surface area contributed by atoms with E-state index in [1.807, 2.05) is 25.1 Å². The lowest BCUT2D eigenvalue weighted by Gasteiger charge is -2.18. The molecule has 0 aliphatic rings. The molecule has 2 aromatic carbocycles. The Morgan fingerprint density at radius 3 is 2.52 bits per heavy atom. The first kappa shape index (κ1) is 20.1. The molecule has 5 nitrogen and oxygen atoms in total. The van der Waals surface area contributed by atoms with Crippen LogP contribution in [-0.4, -0.2) is 32.2 Å². The third-order valence-corrected chi connectivity index (χ3v) is 6.91. The minimum Gasteiger partial charge on any atom is -0.325 e. The van der Waals surface area contributed by atoms with Crippen LogP contribution in [0.5, 0.6) is 0 Å². The molecule has 0 unspecified atom stereocenters. The van der Waals surface area contributed by atoms with Crippen molar-refractivity contribution in [3.05, 3.63) is 57.0 Å². The molecule has 1 N–H and O–H groups in total. The van der Waals surface area contributed by atoms with E-state index in [-0.39, 0.29) is 11.4 Å². The van der Waals surface area contributed by atoms with Crippen molar-refractivity contribution in [2.75, 3.05) is 18.9 Å². The number of aryl methyl sites for hydroxylation is 1. The van der Waals surface area contributed by atoms with E-state index in [4.69, 9.17) is 0 Å². The van der Waals surface area contributed by atoms with E-state index in [2.05, 4.69) is 37.2 Å². The molecule has 0 aromatic heterocycles. The van der Waals surface area contributed by atoms with Gasteiger partial charge >= 0.3 is 0 Å². The molecule has 0 saturated heterocycles. The summed E-state index contributed by atoms with van der Waals surface area (Å²) in [6, 6.07) is 12.3. The molecule has 0 atom stereocenters. The molecule has 134 valence electrons. The number of anilines is 1. The maximum Gasteiger partial charge on any atom is 0.244 e. The summed E-state index contributed by atoms with van der Waals surface area (Å²) >= 11 is 6.51. The van der Waals surface area contributed by atoms with Crippen molar-refractivity contribution < 1.29 is 13.2 Å². The number of benzene rings is 2. The van der Waals surface area contributed by atoms with E-state index in [1.54, 1.807) is 18.2 Å². The van der Waals surface area contributed by atoms with Crippen molar-refractivity contribution in [2.45, 2.75) is 18.2 Å². The molecule has 0 bridgehead atoms. The van der Waals surface area contributed by atoms with Crippen LogP contribution in [0, 0.1) is 0 Å². The average molecular weight is 490 g/mol. The second-order valence-electron chi connectivity index (χ2n) is 5.39. The lowest BCUT2D eigenvalue weighted by atomic mass is 10.1. The lowest BCUT2D eigenvalue weighted by molar-refractivity contribution is -0.116. The molecule has 0 aliphatic heterocycles. The van der Waals surface area contributed by atoms with Gasteiger partial charge in [-0.05, 0) is 52.2 Å². The Morgan fingerprint density at radius 1 is 1.16 bits per heavy atom. The van der Waals surface area contributed by atoms with Crippen molar-refractivity contribution in [3.63, 3.8) is 0 Å². The van der Waals surface area contributed by atoms with Gasteiger partial charge in [-0.2, -0.15) is 4.31 Å². The van der Waals surface area contributed by atoms with Gasteiger partial charge in [-0.25, -0.2) is 8.42 Å². The summed E-state index contributed by atoms with van der Waals surface area (Å²) in [5.74, 6) is -0.391. The predicted octanol–water partition coefficient (Wildman–Crippen LogP) is 4.03. The van der Waals surface area contributed by atoms with Gasteiger partial charge in [0.2, 0.25) is 15.9 Å². The quantitative estimate of drug-likeness (QED) is 0.665. The lowest BCUT2D eigenvalue weighted by Crippen LogP contribution is -2.35. The van der Waals surface area contributed by atoms with Gasteiger partial charge in [-0.15, -0.1) is 0 Å². The second-order valence-corrected chi connectivity index (χ2v) is 9.18. The first-order valence-electron chi connectivity index (χ1n) is 7.55. The molecular weight excluding hydrogens is 472 g/mol. The molecule has 25 heavy (non-hydrogen) atoms. The van der Waals surface area contributed by atoms with Gasteiger partial charge in [0.05, 0.1) is 11.4 Å². The van der Waals surface area contributed by atoms with Gasteiger partial charge in [0.25, 0.3) is 0 Å². The Kier molecular flexibility index (Phi) is 6.79. The number of hydrogen-bond acceptors (Lipinski definition) is 3. The fourth-order valence-corrected chi connectivity index (χ4v) is 4.86. The Balaban J connectivity index is 2.16. The summed E-state index contributed by atoms with van der Waals surface area (Å²) in [6.45, 7) is 1.71. The van der Waals surface area contributed by atoms with E-state index in [0.29, 0.717) is 14.6 Å². The molecule has 1 amide bonds. The molecule has 0 saturated carbocycles. The van der Waals surface area contributed by atoms with Gasteiger partial charge in [0.15, 0.2) is 0 Å². The van der Waals surface area contributed by atoms with Crippen LogP contribution >= 0.6 is 31.9 Å². The van der Waals surface area contributed by atoms with Crippen molar-refractivity contribution in [1.29, 1.82) is 0 Å². The van der Waals surface area contributed by atoms with Crippen LogP contribution in [0.1, 0.15) is 12.5 Å². The van der Waals surface area contributed by atoms with Crippen LogP contribution in [-0.2, 0) is 21.2 Å². The average Bonchev–Trinajstić information content (AvgIpc) is 2.57. The third kappa shape index (κ3) is 4.91. The maximum atomic E-state index is 12.7. The number of halogens is 2. The number of carbonyl (C=O) groups is 1. The van der Waals surface area contributed by atoms with Crippen LogP contribution in [0.25, 0.3) is 0 Å². The number of carbonyl (C=O) groups excluding carboxylic acids is 1. The summed E-state index contributed by atoms with van der Waals surface area (Å²) in [4.78, 5) is 12.4. The van der Waals surface area contributed by atoms with Crippen molar-refractivity contribution in [3.8, 4) is 0 Å². The van der Waals surface area contributed by atoms with Gasteiger partial charge in [-0.1, -0.05) is 41.1 Å². The van der Waals surface area contributed by atoms with Crippen molar-refractivity contribution in [2.24, 2.45) is 0 Å². The first-order chi connectivity index (χ1) is 11.8.